The third-order valence-electron chi connectivity index (χ3n) is 6.60. The number of rotatable bonds is 9. The van der Waals surface area contributed by atoms with Gasteiger partial charge in [0.05, 0.1) is 17.3 Å². The van der Waals surface area contributed by atoms with Crippen molar-refractivity contribution in [1.82, 2.24) is 25.4 Å². The summed E-state index contributed by atoms with van der Waals surface area (Å²) < 4.78 is 83.6. The molecule has 0 bridgehead atoms. The van der Waals surface area contributed by atoms with Crippen molar-refractivity contribution in [2.45, 2.75) is 44.9 Å². The van der Waals surface area contributed by atoms with Crippen LogP contribution in [-0.2, 0) is 23.9 Å². The van der Waals surface area contributed by atoms with Crippen LogP contribution in [0, 0.1) is 17.5 Å². The van der Waals surface area contributed by atoms with Gasteiger partial charge in [0.15, 0.2) is 5.69 Å². The number of carbonyl (C=O) groups is 2. The van der Waals surface area contributed by atoms with Crippen LogP contribution in [0.25, 0.3) is 11.1 Å². The van der Waals surface area contributed by atoms with Gasteiger partial charge in [-0.1, -0.05) is 26.0 Å². The lowest BCUT2D eigenvalue weighted by Crippen LogP contribution is -2.34. The van der Waals surface area contributed by atoms with Crippen LogP contribution in [0.1, 0.15) is 58.8 Å². The molecule has 4 aromatic rings. The van der Waals surface area contributed by atoms with Crippen molar-refractivity contribution in [1.29, 1.82) is 0 Å². The lowest BCUT2D eigenvalue weighted by Gasteiger charge is -2.22. The van der Waals surface area contributed by atoms with Gasteiger partial charge in [-0.25, -0.2) is 13.2 Å². The Morgan fingerprint density at radius 3 is 2.30 bits per heavy atom. The van der Waals surface area contributed by atoms with Gasteiger partial charge in [0.2, 0.25) is 5.91 Å². The Labute approximate surface area is 242 Å². The van der Waals surface area contributed by atoms with Crippen LogP contribution in [0.5, 0.6) is 0 Å². The zero-order valence-electron chi connectivity index (χ0n) is 23.3. The van der Waals surface area contributed by atoms with Crippen molar-refractivity contribution < 1.29 is 35.9 Å². The summed E-state index contributed by atoms with van der Waals surface area (Å²) in [5.74, 6) is -4.30. The van der Waals surface area contributed by atoms with Crippen molar-refractivity contribution in [3.05, 3.63) is 106 Å². The number of aromatic nitrogens is 3. The molecule has 0 unspecified atom stereocenters. The lowest BCUT2D eigenvalue weighted by atomic mass is 9.94. The molecule has 2 heterocycles. The first kappa shape index (κ1) is 31.3. The van der Waals surface area contributed by atoms with Crippen molar-refractivity contribution in [3.63, 3.8) is 0 Å². The summed E-state index contributed by atoms with van der Waals surface area (Å²) in [5, 5.41) is 8.64. The Bertz CT molecular complexity index is 1630. The maximum atomic E-state index is 14.4. The fourth-order valence-electron chi connectivity index (χ4n) is 4.66. The van der Waals surface area contributed by atoms with Gasteiger partial charge in [0.25, 0.3) is 5.91 Å². The highest BCUT2D eigenvalue weighted by Crippen LogP contribution is 2.32. The van der Waals surface area contributed by atoms with E-state index in [0.717, 1.165) is 28.9 Å². The largest absolute Gasteiger partial charge is 0.435 e. The van der Waals surface area contributed by atoms with Gasteiger partial charge in [-0.3, -0.25) is 19.3 Å². The molecule has 0 spiro atoms. The summed E-state index contributed by atoms with van der Waals surface area (Å²) in [6.45, 7) is 2.72. The molecule has 0 aliphatic heterocycles. The number of alkyl halides is 3. The molecular formula is C30H27F6N5O2. The fourth-order valence-corrected chi connectivity index (χ4v) is 4.66. The predicted octanol–water partition coefficient (Wildman–Crippen LogP) is 5.96. The molecule has 2 aromatic heterocycles. The summed E-state index contributed by atoms with van der Waals surface area (Å²) in [7, 11) is 1.34. The van der Waals surface area contributed by atoms with Gasteiger partial charge in [0.1, 0.15) is 24.0 Å². The topological polar surface area (TPSA) is 88.9 Å². The second kappa shape index (κ2) is 12.7. The summed E-state index contributed by atoms with van der Waals surface area (Å²) in [5.41, 5.74) is -0.124. The molecule has 0 fully saturated rings. The van der Waals surface area contributed by atoms with E-state index in [0.29, 0.717) is 17.2 Å². The van der Waals surface area contributed by atoms with Gasteiger partial charge in [0, 0.05) is 30.6 Å². The minimum atomic E-state index is -4.72. The summed E-state index contributed by atoms with van der Waals surface area (Å²) in [6, 6.07) is 9.63. The van der Waals surface area contributed by atoms with Crippen LogP contribution in [0.4, 0.5) is 26.3 Å². The molecule has 0 saturated heterocycles. The summed E-state index contributed by atoms with van der Waals surface area (Å²) >= 11 is 0. The van der Waals surface area contributed by atoms with Crippen LogP contribution in [-0.4, -0.2) is 33.6 Å². The molecule has 0 radical (unpaired) electrons. The van der Waals surface area contributed by atoms with E-state index in [-0.39, 0.29) is 28.9 Å². The van der Waals surface area contributed by atoms with Crippen LogP contribution >= 0.6 is 0 Å². The highest BCUT2D eigenvalue weighted by Gasteiger charge is 2.35. The number of nitrogens with one attached hydrogen (secondary N) is 2. The number of nitrogens with zero attached hydrogens (tertiary/aromatic N) is 3. The zero-order chi connectivity index (χ0) is 31.5. The highest BCUT2D eigenvalue weighted by molar-refractivity contribution is 5.95. The number of halogens is 6. The van der Waals surface area contributed by atoms with E-state index in [4.69, 9.17) is 0 Å². The van der Waals surface area contributed by atoms with Crippen molar-refractivity contribution in [2.75, 3.05) is 7.05 Å². The molecule has 43 heavy (non-hydrogen) atoms. The summed E-state index contributed by atoms with van der Waals surface area (Å²) in [4.78, 5) is 29.9. The molecule has 7 nitrogen and oxygen atoms in total. The SMILES string of the molecule is CNC(=O)c1cc(-c2cccnc2[C@H](Cc2cc(F)cc(F)c2)NC(=O)Cn2nc(C(F)(F)F)cc2C(C)C)ccc1F. The van der Waals surface area contributed by atoms with E-state index >= 15 is 0 Å². The smallest absolute Gasteiger partial charge is 0.355 e. The second-order valence-electron chi connectivity index (χ2n) is 10.1. The first-order valence-electron chi connectivity index (χ1n) is 13.1. The van der Waals surface area contributed by atoms with E-state index in [9.17, 15) is 35.9 Å². The Morgan fingerprint density at radius 1 is 0.977 bits per heavy atom. The number of benzene rings is 2. The zero-order valence-corrected chi connectivity index (χ0v) is 23.3. The van der Waals surface area contributed by atoms with Gasteiger partial charge in [-0.05, 0) is 59.9 Å². The van der Waals surface area contributed by atoms with Crippen molar-refractivity contribution in [3.8, 4) is 11.1 Å². The first-order valence-corrected chi connectivity index (χ1v) is 13.1. The molecular weight excluding hydrogens is 576 g/mol. The number of hydrogen-bond donors (Lipinski definition) is 2. The monoisotopic (exact) mass is 603 g/mol. The van der Waals surface area contributed by atoms with Crippen molar-refractivity contribution in [2.24, 2.45) is 0 Å². The normalized spacial score (nSPS) is 12.3. The van der Waals surface area contributed by atoms with Crippen LogP contribution < -0.4 is 10.6 Å². The molecule has 1 atom stereocenters. The van der Waals surface area contributed by atoms with E-state index in [2.05, 4.69) is 20.7 Å². The molecule has 4 rings (SSSR count). The van der Waals surface area contributed by atoms with Gasteiger partial charge in [-0.15, -0.1) is 0 Å². The highest BCUT2D eigenvalue weighted by atomic mass is 19.4. The number of hydrogen-bond acceptors (Lipinski definition) is 4. The third kappa shape index (κ3) is 7.40. The van der Waals surface area contributed by atoms with E-state index in [1.165, 1.54) is 25.4 Å². The molecule has 226 valence electrons. The lowest BCUT2D eigenvalue weighted by molar-refractivity contribution is -0.141. The Kier molecular flexibility index (Phi) is 9.22. The summed E-state index contributed by atoms with van der Waals surface area (Å²) in [6.07, 6.45) is -3.48. The Balaban J connectivity index is 1.75. The van der Waals surface area contributed by atoms with E-state index in [1.54, 1.807) is 26.0 Å². The minimum absolute atomic E-state index is 0.158. The molecule has 13 heteroatoms. The third-order valence-corrected chi connectivity index (χ3v) is 6.60. The average Bonchev–Trinajstić information content (AvgIpc) is 3.37. The number of amides is 2. The average molecular weight is 604 g/mol. The Hall–Kier alpha value is -4.68. The van der Waals surface area contributed by atoms with E-state index in [1.807, 2.05) is 0 Å². The van der Waals surface area contributed by atoms with E-state index < -0.39 is 59.6 Å². The molecule has 0 aliphatic rings. The predicted molar refractivity (Wildman–Crippen MR) is 145 cm³/mol. The maximum absolute atomic E-state index is 14.4. The molecule has 2 N–H and O–H groups in total. The Morgan fingerprint density at radius 2 is 1.67 bits per heavy atom. The van der Waals surface area contributed by atoms with Gasteiger partial charge < -0.3 is 10.6 Å². The van der Waals surface area contributed by atoms with Crippen LogP contribution in [0.15, 0.2) is 60.8 Å². The number of carbonyl (C=O) groups excluding carboxylic acids is 2. The van der Waals surface area contributed by atoms with Crippen LogP contribution in [0.3, 0.4) is 0 Å². The number of pyridine rings is 1. The standard InChI is InChI=1S/C30H27F6N5O2/c1-16(2)25-14-26(30(34,35)36)40-41(25)15-27(42)39-24(11-17-9-19(31)13-20(32)10-17)28-21(5-4-8-38-28)18-6-7-23(33)22(12-18)29(43)37-3/h4-10,12-14,16,24H,11,15H2,1-3H3,(H,37,43)(H,39,42)/t24-/m0/s1. The second-order valence-corrected chi connectivity index (χ2v) is 10.1. The van der Waals surface area contributed by atoms with Crippen LogP contribution in [0.2, 0.25) is 0 Å². The molecule has 2 amide bonds. The first-order chi connectivity index (χ1) is 20.3. The molecule has 0 aliphatic carbocycles. The maximum Gasteiger partial charge on any atom is 0.435 e. The van der Waals surface area contributed by atoms with Crippen molar-refractivity contribution >= 4 is 11.8 Å². The molecule has 2 aromatic carbocycles. The minimum Gasteiger partial charge on any atom is -0.355 e. The quantitative estimate of drug-likeness (QED) is 0.231. The molecule has 0 saturated carbocycles. The van der Waals surface area contributed by atoms with Gasteiger partial charge in [-0.2, -0.15) is 18.3 Å². The fraction of sp³-hybridized carbons (Fsp3) is 0.267. The van der Waals surface area contributed by atoms with Gasteiger partial charge >= 0.3 is 6.18 Å².